The van der Waals surface area contributed by atoms with Crippen molar-refractivity contribution in [2.45, 2.75) is 0 Å². The molecule has 1 fully saturated rings. The van der Waals surface area contributed by atoms with Crippen LogP contribution in [0.15, 0.2) is 36.5 Å². The number of nitrogens with zero attached hydrogens (tertiary/aromatic N) is 3. The van der Waals surface area contributed by atoms with E-state index in [-0.39, 0.29) is 0 Å². The summed E-state index contributed by atoms with van der Waals surface area (Å²) in [7, 11) is 2.04. The number of aromatic nitrogens is 2. The summed E-state index contributed by atoms with van der Waals surface area (Å²) in [6.45, 7) is 3.55. The molecule has 3 aliphatic rings. The maximum Gasteiger partial charge on any atom is 0.140 e. The lowest BCUT2D eigenvalue weighted by molar-refractivity contribution is 0.122. The minimum absolute atomic E-state index is 0.813. The first-order chi connectivity index (χ1) is 9.83. The van der Waals surface area contributed by atoms with Gasteiger partial charge >= 0.3 is 0 Å². The van der Waals surface area contributed by atoms with E-state index < -0.39 is 0 Å². The highest BCUT2D eigenvalue weighted by Gasteiger charge is 2.16. The fourth-order valence-corrected chi connectivity index (χ4v) is 2.92. The molecular weight excluding hydrogens is 250 g/mol. The van der Waals surface area contributed by atoms with Crippen molar-refractivity contribution in [2.75, 3.05) is 31.2 Å². The number of benzene rings is 1. The second-order valence-electron chi connectivity index (χ2n) is 5.27. The number of pyridine rings is 1. The first kappa shape index (κ1) is 11.7. The van der Waals surface area contributed by atoms with Crippen LogP contribution in [0.5, 0.6) is 0 Å². The summed E-state index contributed by atoms with van der Waals surface area (Å²) in [5, 5.41) is 1.24. The van der Waals surface area contributed by atoms with Gasteiger partial charge in [0.15, 0.2) is 0 Å². The van der Waals surface area contributed by atoms with Gasteiger partial charge < -0.3 is 14.2 Å². The predicted molar refractivity (Wildman–Crippen MR) is 80.4 cm³/mol. The Bertz CT molecular complexity index is 728. The number of hydrogen-bond donors (Lipinski definition) is 0. The highest BCUT2D eigenvalue weighted by atomic mass is 16.5. The first-order valence-corrected chi connectivity index (χ1v) is 7.00. The lowest BCUT2D eigenvalue weighted by atomic mass is 10.1. The Labute approximate surface area is 117 Å². The first-order valence-electron chi connectivity index (χ1n) is 7.00. The van der Waals surface area contributed by atoms with Crippen molar-refractivity contribution in [1.29, 1.82) is 0 Å². The molecule has 3 heterocycles. The van der Waals surface area contributed by atoms with Gasteiger partial charge in [-0.05, 0) is 30.3 Å². The van der Waals surface area contributed by atoms with Gasteiger partial charge in [-0.25, -0.2) is 4.98 Å². The number of ether oxygens (including phenoxy) is 1. The van der Waals surface area contributed by atoms with Crippen LogP contribution in [-0.4, -0.2) is 35.9 Å². The predicted octanol–water partition coefficient (Wildman–Crippen LogP) is 2.51. The zero-order valence-corrected chi connectivity index (χ0v) is 11.5. The van der Waals surface area contributed by atoms with Gasteiger partial charge in [-0.3, -0.25) is 0 Å². The maximum absolute atomic E-state index is 5.42. The topological polar surface area (TPSA) is 30.3 Å². The number of aryl methyl sites for hydroxylation is 1. The summed E-state index contributed by atoms with van der Waals surface area (Å²) in [5.41, 5.74) is 3.56. The third-order valence-corrected chi connectivity index (χ3v) is 4.02. The monoisotopic (exact) mass is 267 g/mol. The van der Waals surface area contributed by atoms with Crippen LogP contribution in [0.1, 0.15) is 0 Å². The van der Waals surface area contributed by atoms with Gasteiger partial charge in [-0.1, -0.05) is 0 Å². The number of rotatable bonds is 1. The standard InChI is InChI=1S/C16H17N3O/c1-18-6-2-3-13-14-11-12(19-7-9-20-10-8-19)4-5-15(14)17-16(13)18/h2-6,11H,7-10H2,1H3. The Morgan fingerprint density at radius 1 is 1.15 bits per heavy atom. The highest BCUT2D eigenvalue weighted by molar-refractivity contribution is 5.98. The Kier molecular flexibility index (Phi) is 2.63. The lowest BCUT2D eigenvalue weighted by Crippen LogP contribution is -2.36. The van der Waals surface area contributed by atoms with Gasteiger partial charge in [0.05, 0.1) is 18.7 Å². The smallest absolute Gasteiger partial charge is 0.140 e. The van der Waals surface area contributed by atoms with Gasteiger partial charge in [-0.15, -0.1) is 0 Å². The van der Waals surface area contributed by atoms with Crippen LogP contribution >= 0.6 is 0 Å². The molecule has 0 spiro atoms. The average molecular weight is 267 g/mol. The van der Waals surface area contributed by atoms with Crippen molar-refractivity contribution >= 4 is 16.6 Å². The molecule has 1 saturated heterocycles. The van der Waals surface area contributed by atoms with Crippen LogP contribution in [-0.2, 0) is 11.8 Å². The van der Waals surface area contributed by atoms with Crippen LogP contribution in [0.4, 0.5) is 5.69 Å². The third-order valence-electron chi connectivity index (χ3n) is 4.02. The molecule has 1 aromatic carbocycles. The Balaban J connectivity index is 1.85. The van der Waals surface area contributed by atoms with Crippen LogP contribution in [0.2, 0.25) is 0 Å². The van der Waals surface area contributed by atoms with Crippen LogP contribution in [0.25, 0.3) is 22.3 Å². The Hall–Kier alpha value is -2.07. The molecule has 20 heavy (non-hydrogen) atoms. The number of hydrogen-bond acceptors (Lipinski definition) is 3. The minimum Gasteiger partial charge on any atom is -0.378 e. The summed E-state index contributed by atoms with van der Waals surface area (Å²) in [5.74, 6) is 1.04. The summed E-state index contributed by atoms with van der Waals surface area (Å²) < 4.78 is 7.50. The van der Waals surface area contributed by atoms with E-state index >= 15 is 0 Å². The molecule has 4 heteroatoms. The molecule has 0 aromatic heterocycles. The van der Waals surface area contributed by atoms with E-state index in [4.69, 9.17) is 9.72 Å². The summed E-state index contributed by atoms with van der Waals surface area (Å²) in [4.78, 5) is 7.10. The molecular formula is C16H17N3O. The fourth-order valence-electron chi connectivity index (χ4n) is 2.92. The number of morpholine rings is 1. The van der Waals surface area contributed by atoms with Gasteiger partial charge in [0.1, 0.15) is 5.82 Å². The van der Waals surface area contributed by atoms with Crippen LogP contribution in [0, 0.1) is 0 Å². The molecule has 102 valence electrons. The largest absolute Gasteiger partial charge is 0.378 e. The Morgan fingerprint density at radius 3 is 2.85 bits per heavy atom. The van der Waals surface area contributed by atoms with Crippen LogP contribution in [0.3, 0.4) is 0 Å². The summed E-state index contributed by atoms with van der Waals surface area (Å²) in [6, 6.07) is 10.8. The highest BCUT2D eigenvalue weighted by Crippen LogP contribution is 2.33. The molecule has 1 aromatic rings. The van der Waals surface area contributed by atoms with E-state index in [1.54, 1.807) is 0 Å². The van der Waals surface area contributed by atoms with Crippen LogP contribution < -0.4 is 4.90 Å². The van der Waals surface area contributed by atoms with Crippen molar-refractivity contribution in [3.05, 3.63) is 36.5 Å². The normalized spacial score (nSPS) is 16.1. The van der Waals surface area contributed by atoms with Crippen molar-refractivity contribution < 1.29 is 4.74 Å². The second-order valence-corrected chi connectivity index (χ2v) is 5.27. The molecule has 0 unspecified atom stereocenters. The van der Waals surface area contributed by atoms with E-state index in [1.807, 2.05) is 13.2 Å². The van der Waals surface area contributed by atoms with Crippen molar-refractivity contribution in [3.63, 3.8) is 0 Å². The zero-order valence-electron chi connectivity index (χ0n) is 11.5. The lowest BCUT2D eigenvalue weighted by Gasteiger charge is -2.28. The molecule has 0 aliphatic carbocycles. The molecule has 0 bridgehead atoms. The number of fused-ring (bicyclic) bond motifs is 3. The Morgan fingerprint density at radius 2 is 2.00 bits per heavy atom. The van der Waals surface area contributed by atoms with E-state index in [2.05, 4.69) is 39.8 Å². The third kappa shape index (κ3) is 1.76. The van der Waals surface area contributed by atoms with Crippen molar-refractivity contribution in [1.82, 2.24) is 9.55 Å². The SMILES string of the molecule is Cn1cccc2c3cc(N4CCOCC4)ccc3nc1-2. The van der Waals surface area contributed by atoms with E-state index in [0.717, 1.165) is 37.6 Å². The molecule has 0 radical (unpaired) electrons. The second kappa shape index (κ2) is 4.49. The van der Waals surface area contributed by atoms with Gasteiger partial charge in [0, 0.05) is 43.0 Å². The molecule has 0 N–H and O–H groups in total. The molecule has 3 aliphatic heterocycles. The fraction of sp³-hybridized carbons (Fsp3) is 0.312. The van der Waals surface area contributed by atoms with Gasteiger partial charge in [-0.2, -0.15) is 0 Å². The quantitative estimate of drug-likeness (QED) is 0.678. The summed E-state index contributed by atoms with van der Waals surface area (Å²) >= 11 is 0. The minimum atomic E-state index is 0.813. The van der Waals surface area contributed by atoms with E-state index in [0.29, 0.717) is 0 Å². The average Bonchev–Trinajstić information content (AvgIpc) is 2.88. The summed E-state index contributed by atoms with van der Waals surface area (Å²) in [6.07, 6.45) is 2.04. The van der Waals surface area contributed by atoms with Crippen molar-refractivity contribution in [2.24, 2.45) is 7.05 Å². The van der Waals surface area contributed by atoms with E-state index in [1.165, 1.54) is 16.6 Å². The number of anilines is 1. The molecule has 4 nitrogen and oxygen atoms in total. The molecule has 4 rings (SSSR count). The van der Waals surface area contributed by atoms with E-state index in [9.17, 15) is 0 Å². The molecule has 0 saturated carbocycles. The van der Waals surface area contributed by atoms with Crippen molar-refractivity contribution in [3.8, 4) is 11.4 Å². The molecule has 0 atom stereocenters. The maximum atomic E-state index is 5.42. The van der Waals surface area contributed by atoms with Gasteiger partial charge in [0.25, 0.3) is 0 Å². The molecule has 0 amide bonds. The zero-order chi connectivity index (χ0) is 13.5. The van der Waals surface area contributed by atoms with Gasteiger partial charge in [0.2, 0.25) is 0 Å².